The van der Waals surface area contributed by atoms with Gasteiger partial charge in [0.25, 0.3) is 0 Å². The van der Waals surface area contributed by atoms with E-state index in [9.17, 15) is 30.7 Å². The first-order chi connectivity index (χ1) is 14.1. The number of hydrogen-bond acceptors (Lipinski definition) is 1. The number of rotatable bonds is 6. The van der Waals surface area contributed by atoms with Crippen molar-refractivity contribution in [2.75, 3.05) is 0 Å². The van der Waals surface area contributed by atoms with Gasteiger partial charge in [-0.3, -0.25) is 0 Å². The Morgan fingerprint density at radius 1 is 0.733 bits per heavy atom. The molecule has 0 aliphatic heterocycles. The summed E-state index contributed by atoms with van der Waals surface area (Å²) < 4.78 is 101. The number of alkyl halides is 2. The minimum absolute atomic E-state index is 0.0199. The van der Waals surface area contributed by atoms with Crippen LogP contribution in [-0.2, 0) is 12.5 Å². The van der Waals surface area contributed by atoms with E-state index in [2.05, 4.69) is 4.74 Å². The molecule has 8 heteroatoms. The van der Waals surface area contributed by atoms with E-state index in [1.54, 1.807) is 24.3 Å². The standard InChI is InChI=1S/C22H15F7O/c1-2-3-12-4-6-13(7-5-12)14-8-16(23)20(17(24)9-14)22(28,29)30-15-10-18(25)21(27)19(26)11-15/h4-11H,2-3H2,1H3. The molecule has 158 valence electrons. The molecule has 3 aromatic carbocycles. The van der Waals surface area contributed by atoms with E-state index in [-0.39, 0.29) is 17.7 Å². The van der Waals surface area contributed by atoms with Crippen LogP contribution in [0.2, 0.25) is 0 Å². The second-order valence-corrected chi connectivity index (χ2v) is 6.58. The molecule has 0 aliphatic rings. The fraction of sp³-hybridized carbons (Fsp3) is 0.182. The Morgan fingerprint density at radius 3 is 1.77 bits per heavy atom. The zero-order valence-corrected chi connectivity index (χ0v) is 15.6. The lowest BCUT2D eigenvalue weighted by atomic mass is 10.00. The summed E-state index contributed by atoms with van der Waals surface area (Å²) in [4.78, 5) is 0. The summed E-state index contributed by atoms with van der Waals surface area (Å²) in [6, 6.07) is 8.44. The van der Waals surface area contributed by atoms with Crippen molar-refractivity contribution in [3.63, 3.8) is 0 Å². The van der Waals surface area contributed by atoms with Crippen LogP contribution in [0.3, 0.4) is 0 Å². The molecule has 0 fully saturated rings. The molecule has 0 aliphatic carbocycles. The molecule has 0 saturated heterocycles. The first kappa shape index (κ1) is 21.7. The summed E-state index contributed by atoms with van der Waals surface area (Å²) in [7, 11) is 0. The van der Waals surface area contributed by atoms with E-state index in [1.807, 2.05) is 6.92 Å². The molecule has 0 atom stereocenters. The Labute approximate surface area is 167 Å². The molecule has 3 rings (SSSR count). The summed E-state index contributed by atoms with van der Waals surface area (Å²) in [5.74, 6) is -9.83. The van der Waals surface area contributed by atoms with Crippen LogP contribution in [0, 0.1) is 29.1 Å². The van der Waals surface area contributed by atoms with E-state index in [1.165, 1.54) is 0 Å². The lowest BCUT2D eigenvalue weighted by Gasteiger charge is -2.20. The van der Waals surface area contributed by atoms with E-state index in [4.69, 9.17) is 0 Å². The van der Waals surface area contributed by atoms with E-state index >= 15 is 0 Å². The van der Waals surface area contributed by atoms with Gasteiger partial charge < -0.3 is 4.74 Å². The van der Waals surface area contributed by atoms with Crippen LogP contribution in [0.4, 0.5) is 30.7 Å². The van der Waals surface area contributed by atoms with Crippen LogP contribution in [0.15, 0.2) is 48.5 Å². The zero-order valence-electron chi connectivity index (χ0n) is 15.6. The minimum Gasteiger partial charge on any atom is -0.429 e. The number of ether oxygens (including phenoxy) is 1. The summed E-state index contributed by atoms with van der Waals surface area (Å²) in [5, 5.41) is 0. The van der Waals surface area contributed by atoms with Crippen molar-refractivity contribution in [1.29, 1.82) is 0 Å². The predicted octanol–water partition coefficient (Wildman–Crippen LogP) is 7.13. The Balaban J connectivity index is 1.94. The maximum Gasteiger partial charge on any atom is 0.432 e. The SMILES string of the molecule is CCCc1ccc(-c2cc(F)c(C(F)(F)Oc3cc(F)c(F)c(F)c3)c(F)c2)cc1. The van der Waals surface area contributed by atoms with Gasteiger partial charge in [-0.2, -0.15) is 8.78 Å². The highest BCUT2D eigenvalue weighted by Gasteiger charge is 2.41. The van der Waals surface area contributed by atoms with Gasteiger partial charge in [-0.1, -0.05) is 37.6 Å². The quantitative estimate of drug-likeness (QED) is 0.300. The highest BCUT2D eigenvalue weighted by atomic mass is 19.3. The van der Waals surface area contributed by atoms with Gasteiger partial charge in [0.1, 0.15) is 22.9 Å². The molecule has 0 spiro atoms. The van der Waals surface area contributed by atoms with Gasteiger partial charge in [-0.05, 0) is 35.2 Å². The monoisotopic (exact) mass is 428 g/mol. The Kier molecular flexibility index (Phi) is 6.05. The summed E-state index contributed by atoms with van der Waals surface area (Å²) in [6.07, 6.45) is -2.89. The van der Waals surface area contributed by atoms with Gasteiger partial charge in [0.15, 0.2) is 17.5 Å². The average molecular weight is 428 g/mol. The maximum absolute atomic E-state index is 14.4. The van der Waals surface area contributed by atoms with Gasteiger partial charge >= 0.3 is 6.11 Å². The maximum atomic E-state index is 14.4. The second-order valence-electron chi connectivity index (χ2n) is 6.58. The lowest BCUT2D eigenvalue weighted by molar-refractivity contribution is -0.189. The topological polar surface area (TPSA) is 9.23 Å². The second kappa shape index (κ2) is 8.38. The van der Waals surface area contributed by atoms with Crippen molar-refractivity contribution in [3.8, 4) is 16.9 Å². The molecule has 0 heterocycles. The molecule has 0 radical (unpaired) electrons. The first-order valence-corrected chi connectivity index (χ1v) is 8.92. The fourth-order valence-corrected chi connectivity index (χ4v) is 2.96. The number of aryl methyl sites for hydroxylation is 1. The number of hydrogen-bond donors (Lipinski definition) is 0. The van der Waals surface area contributed by atoms with Gasteiger partial charge in [0.2, 0.25) is 0 Å². The molecular formula is C22H15F7O. The minimum atomic E-state index is -4.62. The fourth-order valence-electron chi connectivity index (χ4n) is 2.96. The van der Waals surface area contributed by atoms with E-state index < -0.39 is 46.5 Å². The highest BCUT2D eigenvalue weighted by Crippen LogP contribution is 2.37. The van der Waals surface area contributed by atoms with E-state index in [0.717, 1.165) is 18.4 Å². The van der Waals surface area contributed by atoms with Crippen LogP contribution < -0.4 is 4.74 Å². The van der Waals surface area contributed by atoms with Crippen molar-refractivity contribution >= 4 is 0 Å². The molecule has 0 amide bonds. The smallest absolute Gasteiger partial charge is 0.429 e. The summed E-state index contributed by atoms with van der Waals surface area (Å²) in [5.41, 5.74) is -0.297. The third-order valence-corrected chi connectivity index (χ3v) is 4.36. The van der Waals surface area contributed by atoms with Gasteiger partial charge in [0.05, 0.1) is 0 Å². The van der Waals surface area contributed by atoms with E-state index in [0.29, 0.717) is 17.7 Å². The molecule has 0 aromatic heterocycles. The van der Waals surface area contributed by atoms with Crippen molar-refractivity contribution < 1.29 is 35.5 Å². The normalized spacial score (nSPS) is 11.6. The van der Waals surface area contributed by atoms with Crippen molar-refractivity contribution in [1.82, 2.24) is 0 Å². The number of benzene rings is 3. The molecule has 30 heavy (non-hydrogen) atoms. The van der Waals surface area contributed by atoms with Crippen molar-refractivity contribution in [2.45, 2.75) is 25.9 Å². The summed E-state index contributed by atoms with van der Waals surface area (Å²) >= 11 is 0. The molecule has 0 unspecified atom stereocenters. The molecule has 0 saturated carbocycles. The van der Waals surface area contributed by atoms with Gasteiger partial charge in [-0.15, -0.1) is 0 Å². The average Bonchev–Trinajstić information content (AvgIpc) is 2.65. The van der Waals surface area contributed by atoms with Crippen molar-refractivity contribution in [3.05, 3.63) is 88.7 Å². The Bertz CT molecular complexity index is 1020. The highest BCUT2D eigenvalue weighted by molar-refractivity contribution is 5.64. The Hall–Kier alpha value is -3.03. The van der Waals surface area contributed by atoms with Crippen LogP contribution in [0.5, 0.6) is 5.75 Å². The third-order valence-electron chi connectivity index (χ3n) is 4.36. The Morgan fingerprint density at radius 2 is 1.27 bits per heavy atom. The lowest BCUT2D eigenvalue weighted by Crippen LogP contribution is -2.25. The first-order valence-electron chi connectivity index (χ1n) is 8.92. The van der Waals surface area contributed by atoms with Gasteiger partial charge in [-0.25, -0.2) is 22.0 Å². The third kappa shape index (κ3) is 4.42. The van der Waals surface area contributed by atoms with Crippen LogP contribution >= 0.6 is 0 Å². The van der Waals surface area contributed by atoms with Crippen LogP contribution in [0.25, 0.3) is 11.1 Å². The zero-order chi connectivity index (χ0) is 22.1. The molecule has 0 bridgehead atoms. The predicted molar refractivity (Wildman–Crippen MR) is 96.6 cm³/mol. The molecule has 0 N–H and O–H groups in total. The van der Waals surface area contributed by atoms with Gasteiger partial charge in [0, 0.05) is 12.1 Å². The van der Waals surface area contributed by atoms with Crippen molar-refractivity contribution in [2.24, 2.45) is 0 Å². The molecule has 3 aromatic rings. The van der Waals surface area contributed by atoms with Crippen LogP contribution in [0.1, 0.15) is 24.5 Å². The summed E-state index contributed by atoms with van der Waals surface area (Å²) in [6.45, 7) is 1.99. The largest absolute Gasteiger partial charge is 0.432 e. The van der Waals surface area contributed by atoms with Crippen LogP contribution in [-0.4, -0.2) is 0 Å². The molecule has 1 nitrogen and oxygen atoms in total. The number of halogens is 7. The molecular weight excluding hydrogens is 413 g/mol.